The Labute approximate surface area is 106 Å². The maximum Gasteiger partial charge on any atom is 0.326 e. The van der Waals surface area contributed by atoms with Gasteiger partial charge >= 0.3 is 5.97 Å². The molecule has 18 heavy (non-hydrogen) atoms. The SMILES string of the molecule is COc1cccc2c1ccn2CC(=O)OC(C)C. The highest BCUT2D eigenvalue weighted by Gasteiger charge is 2.10. The lowest BCUT2D eigenvalue weighted by Crippen LogP contribution is -2.16. The molecule has 0 spiro atoms. The molecule has 4 nitrogen and oxygen atoms in total. The average molecular weight is 247 g/mol. The Hall–Kier alpha value is -1.97. The largest absolute Gasteiger partial charge is 0.496 e. The Balaban J connectivity index is 2.27. The molecule has 2 aromatic rings. The zero-order valence-electron chi connectivity index (χ0n) is 10.8. The number of hydrogen-bond acceptors (Lipinski definition) is 3. The van der Waals surface area contributed by atoms with Crippen LogP contribution in [0.15, 0.2) is 30.5 Å². The number of methoxy groups -OCH3 is 1. The van der Waals surface area contributed by atoms with Gasteiger partial charge in [0.2, 0.25) is 0 Å². The summed E-state index contributed by atoms with van der Waals surface area (Å²) in [6, 6.07) is 7.71. The van der Waals surface area contributed by atoms with Gasteiger partial charge in [-0.25, -0.2) is 0 Å². The molecule has 0 N–H and O–H groups in total. The van der Waals surface area contributed by atoms with Crippen LogP contribution < -0.4 is 4.74 Å². The molecule has 0 radical (unpaired) electrons. The molecule has 0 unspecified atom stereocenters. The van der Waals surface area contributed by atoms with Crippen LogP contribution in [0.5, 0.6) is 5.75 Å². The smallest absolute Gasteiger partial charge is 0.326 e. The highest BCUT2D eigenvalue weighted by molar-refractivity contribution is 5.87. The molecule has 0 fully saturated rings. The normalized spacial score (nSPS) is 10.9. The quantitative estimate of drug-likeness (QED) is 0.780. The number of benzene rings is 1. The lowest BCUT2D eigenvalue weighted by atomic mass is 10.2. The molecule has 0 aliphatic heterocycles. The molecule has 1 aromatic carbocycles. The number of aromatic nitrogens is 1. The maximum atomic E-state index is 11.6. The Morgan fingerprint density at radius 3 is 2.78 bits per heavy atom. The van der Waals surface area contributed by atoms with Gasteiger partial charge in [0.05, 0.1) is 18.7 Å². The first-order valence-corrected chi connectivity index (χ1v) is 5.93. The van der Waals surface area contributed by atoms with Crippen LogP contribution in [-0.4, -0.2) is 23.8 Å². The Kier molecular flexibility index (Phi) is 3.55. The van der Waals surface area contributed by atoms with Crippen LogP contribution in [0.3, 0.4) is 0 Å². The lowest BCUT2D eigenvalue weighted by molar-refractivity contribution is -0.148. The lowest BCUT2D eigenvalue weighted by Gasteiger charge is -2.09. The van der Waals surface area contributed by atoms with Crippen LogP contribution in [0.2, 0.25) is 0 Å². The first-order chi connectivity index (χ1) is 8.61. The van der Waals surface area contributed by atoms with Crippen LogP contribution in [0, 0.1) is 0 Å². The van der Waals surface area contributed by atoms with Crippen molar-refractivity contribution in [3.63, 3.8) is 0 Å². The third kappa shape index (κ3) is 2.47. The highest BCUT2D eigenvalue weighted by atomic mass is 16.5. The third-order valence-electron chi connectivity index (χ3n) is 2.66. The van der Waals surface area contributed by atoms with Crippen LogP contribution in [0.25, 0.3) is 10.9 Å². The second-order valence-electron chi connectivity index (χ2n) is 4.38. The summed E-state index contributed by atoms with van der Waals surface area (Å²) in [5.41, 5.74) is 0.968. The summed E-state index contributed by atoms with van der Waals surface area (Å²) < 4.78 is 12.3. The number of esters is 1. The van der Waals surface area contributed by atoms with Crippen molar-refractivity contribution in [3.05, 3.63) is 30.5 Å². The molecule has 1 aromatic heterocycles. The molecule has 0 saturated carbocycles. The number of carbonyl (C=O) groups is 1. The van der Waals surface area contributed by atoms with Crippen molar-refractivity contribution in [2.45, 2.75) is 26.5 Å². The summed E-state index contributed by atoms with van der Waals surface area (Å²) in [6.07, 6.45) is 1.78. The summed E-state index contributed by atoms with van der Waals surface area (Å²) >= 11 is 0. The van der Waals surface area contributed by atoms with Crippen molar-refractivity contribution in [1.29, 1.82) is 0 Å². The molecule has 0 atom stereocenters. The number of hydrogen-bond donors (Lipinski definition) is 0. The molecule has 96 valence electrons. The minimum absolute atomic E-state index is 0.0890. The van der Waals surface area contributed by atoms with Crippen LogP contribution in [-0.2, 0) is 16.1 Å². The Morgan fingerprint density at radius 1 is 1.33 bits per heavy atom. The van der Waals surface area contributed by atoms with Gasteiger partial charge in [-0.1, -0.05) is 6.07 Å². The van der Waals surface area contributed by atoms with Gasteiger partial charge in [-0.2, -0.15) is 0 Å². The number of fused-ring (bicyclic) bond motifs is 1. The van der Waals surface area contributed by atoms with E-state index in [4.69, 9.17) is 9.47 Å². The van der Waals surface area contributed by atoms with Crippen molar-refractivity contribution in [1.82, 2.24) is 4.57 Å². The van der Waals surface area contributed by atoms with Gasteiger partial charge in [0.1, 0.15) is 12.3 Å². The van der Waals surface area contributed by atoms with E-state index in [-0.39, 0.29) is 18.6 Å². The summed E-state index contributed by atoms with van der Waals surface area (Å²) in [7, 11) is 1.64. The maximum absolute atomic E-state index is 11.6. The molecule has 0 bridgehead atoms. The van der Waals surface area contributed by atoms with Crippen LogP contribution >= 0.6 is 0 Å². The number of rotatable bonds is 4. The predicted octanol–water partition coefficient (Wildman–Crippen LogP) is 2.60. The summed E-state index contributed by atoms with van der Waals surface area (Å²) in [5.74, 6) is 0.578. The standard InChI is InChI=1S/C14H17NO3/c1-10(2)18-14(16)9-15-8-7-11-12(15)5-4-6-13(11)17-3/h4-8,10H,9H2,1-3H3. The second kappa shape index (κ2) is 5.12. The molecule has 0 aliphatic carbocycles. The summed E-state index contributed by atoms with van der Waals surface area (Å²) in [6.45, 7) is 3.90. The van der Waals surface area contributed by atoms with Gasteiger partial charge in [0, 0.05) is 11.6 Å². The fourth-order valence-electron chi connectivity index (χ4n) is 1.95. The van der Waals surface area contributed by atoms with E-state index < -0.39 is 0 Å². The van der Waals surface area contributed by atoms with Gasteiger partial charge in [0.25, 0.3) is 0 Å². The second-order valence-corrected chi connectivity index (χ2v) is 4.38. The molecule has 4 heteroatoms. The van der Waals surface area contributed by atoms with Crippen molar-refractivity contribution in [2.75, 3.05) is 7.11 Å². The Morgan fingerprint density at radius 2 is 2.11 bits per heavy atom. The van der Waals surface area contributed by atoms with E-state index in [9.17, 15) is 4.79 Å². The van der Waals surface area contributed by atoms with Gasteiger partial charge in [-0.15, -0.1) is 0 Å². The molecule has 2 rings (SSSR count). The number of nitrogens with zero attached hydrogens (tertiary/aromatic N) is 1. The highest BCUT2D eigenvalue weighted by Crippen LogP contribution is 2.26. The zero-order valence-corrected chi connectivity index (χ0v) is 10.8. The third-order valence-corrected chi connectivity index (χ3v) is 2.66. The minimum Gasteiger partial charge on any atom is -0.496 e. The summed E-state index contributed by atoms with van der Waals surface area (Å²) in [5, 5.41) is 0.998. The van der Waals surface area contributed by atoms with Gasteiger partial charge in [-0.05, 0) is 32.0 Å². The number of carbonyl (C=O) groups excluding carboxylic acids is 1. The molecular formula is C14H17NO3. The van der Waals surface area contributed by atoms with Crippen LogP contribution in [0.1, 0.15) is 13.8 Å². The fraction of sp³-hybridized carbons (Fsp3) is 0.357. The van der Waals surface area contributed by atoms with Gasteiger partial charge < -0.3 is 14.0 Å². The fourth-order valence-corrected chi connectivity index (χ4v) is 1.95. The van der Waals surface area contributed by atoms with E-state index in [1.54, 1.807) is 7.11 Å². The van der Waals surface area contributed by atoms with Crippen molar-refractivity contribution < 1.29 is 14.3 Å². The first-order valence-electron chi connectivity index (χ1n) is 5.93. The molecule has 1 heterocycles. The van der Waals surface area contributed by atoms with E-state index in [2.05, 4.69) is 0 Å². The van der Waals surface area contributed by atoms with E-state index in [1.807, 2.05) is 48.9 Å². The van der Waals surface area contributed by atoms with Crippen LogP contribution in [0.4, 0.5) is 0 Å². The van der Waals surface area contributed by atoms with Crippen molar-refractivity contribution in [3.8, 4) is 5.75 Å². The predicted molar refractivity (Wildman–Crippen MR) is 69.7 cm³/mol. The molecule has 0 aliphatic rings. The van der Waals surface area contributed by atoms with E-state index >= 15 is 0 Å². The number of ether oxygens (including phenoxy) is 2. The average Bonchev–Trinajstić information content (AvgIpc) is 2.71. The molecule has 0 amide bonds. The Bertz CT molecular complexity index is 557. The van der Waals surface area contributed by atoms with Crippen molar-refractivity contribution in [2.24, 2.45) is 0 Å². The van der Waals surface area contributed by atoms with Gasteiger partial charge in [-0.3, -0.25) is 4.79 Å². The van der Waals surface area contributed by atoms with E-state index in [1.165, 1.54) is 0 Å². The monoisotopic (exact) mass is 247 g/mol. The first kappa shape index (κ1) is 12.5. The van der Waals surface area contributed by atoms with E-state index in [0.717, 1.165) is 16.7 Å². The minimum atomic E-state index is -0.231. The van der Waals surface area contributed by atoms with Gasteiger partial charge in [0.15, 0.2) is 0 Å². The topological polar surface area (TPSA) is 40.5 Å². The van der Waals surface area contributed by atoms with E-state index in [0.29, 0.717) is 0 Å². The molecular weight excluding hydrogens is 230 g/mol. The van der Waals surface area contributed by atoms with Crippen molar-refractivity contribution >= 4 is 16.9 Å². The zero-order chi connectivity index (χ0) is 13.1. The molecule has 0 saturated heterocycles. The summed E-state index contributed by atoms with van der Waals surface area (Å²) in [4.78, 5) is 11.6.